The number of hydrogen-bond donors (Lipinski definition) is 1. The molecule has 0 fully saturated rings. The van der Waals surface area contributed by atoms with Crippen molar-refractivity contribution in [3.8, 4) is 0 Å². The van der Waals surface area contributed by atoms with Crippen molar-refractivity contribution < 1.29 is 9.18 Å². The molecule has 0 atom stereocenters. The van der Waals surface area contributed by atoms with E-state index >= 15 is 0 Å². The molecule has 0 saturated carbocycles. The molecule has 1 N–H and O–H groups in total. The van der Waals surface area contributed by atoms with Gasteiger partial charge in [-0.2, -0.15) is 0 Å². The van der Waals surface area contributed by atoms with Crippen LogP contribution in [0.25, 0.3) is 0 Å². The van der Waals surface area contributed by atoms with E-state index in [1.807, 2.05) is 13.8 Å². The highest BCUT2D eigenvalue weighted by atomic mass is 35.5. The molecule has 16 heavy (non-hydrogen) atoms. The lowest BCUT2D eigenvalue weighted by Gasteiger charge is -2.08. The molecule has 0 aliphatic rings. The third-order valence-electron chi connectivity index (χ3n) is 2.23. The molecule has 2 nitrogen and oxygen atoms in total. The van der Waals surface area contributed by atoms with E-state index in [9.17, 15) is 9.18 Å². The molecule has 0 aliphatic heterocycles. The van der Waals surface area contributed by atoms with E-state index in [-0.39, 0.29) is 17.6 Å². The normalized spacial score (nSPS) is 10.6. The lowest BCUT2D eigenvalue weighted by molar-refractivity contribution is -0.123. The van der Waals surface area contributed by atoms with Crippen molar-refractivity contribution in [2.75, 3.05) is 6.54 Å². The smallest absolute Gasteiger partial charge is 0.222 e. The van der Waals surface area contributed by atoms with Crippen molar-refractivity contribution >= 4 is 17.5 Å². The fourth-order valence-electron chi connectivity index (χ4n) is 1.26. The first kappa shape index (κ1) is 13.0. The molecule has 0 aliphatic carbocycles. The van der Waals surface area contributed by atoms with Crippen molar-refractivity contribution in [1.29, 1.82) is 0 Å². The van der Waals surface area contributed by atoms with Gasteiger partial charge in [0.05, 0.1) is 0 Å². The number of hydrogen-bond acceptors (Lipinski definition) is 1. The Hall–Kier alpha value is -1.09. The molecule has 0 heterocycles. The Morgan fingerprint density at radius 3 is 2.81 bits per heavy atom. The van der Waals surface area contributed by atoms with Gasteiger partial charge in [0.2, 0.25) is 5.91 Å². The van der Waals surface area contributed by atoms with Gasteiger partial charge in [-0.15, -0.1) is 0 Å². The summed E-state index contributed by atoms with van der Waals surface area (Å²) in [6.07, 6.45) is 0.449. The lowest BCUT2D eigenvalue weighted by atomic mass is 10.1. The van der Waals surface area contributed by atoms with Crippen LogP contribution in [0.4, 0.5) is 4.39 Å². The van der Waals surface area contributed by atoms with Crippen molar-refractivity contribution in [3.05, 3.63) is 34.6 Å². The van der Waals surface area contributed by atoms with Gasteiger partial charge in [-0.05, 0) is 30.2 Å². The average Bonchev–Trinajstić information content (AvgIpc) is 2.22. The molecular formula is C12H15ClFNO. The van der Waals surface area contributed by atoms with E-state index in [1.165, 1.54) is 12.1 Å². The molecule has 0 saturated heterocycles. The van der Waals surface area contributed by atoms with E-state index in [0.717, 1.165) is 0 Å². The van der Waals surface area contributed by atoms with E-state index in [1.54, 1.807) is 6.07 Å². The van der Waals surface area contributed by atoms with Crippen molar-refractivity contribution in [3.63, 3.8) is 0 Å². The standard InChI is InChI=1S/C12H15ClFNO/c1-8(2)12(16)15-6-5-9-7-10(13)3-4-11(9)14/h3-4,7-8H,5-6H2,1-2H3,(H,15,16). The van der Waals surface area contributed by atoms with Gasteiger partial charge in [0, 0.05) is 17.5 Å². The zero-order valence-electron chi connectivity index (χ0n) is 9.39. The number of halogens is 2. The predicted molar refractivity (Wildman–Crippen MR) is 63.0 cm³/mol. The average molecular weight is 244 g/mol. The maximum absolute atomic E-state index is 13.3. The van der Waals surface area contributed by atoms with E-state index < -0.39 is 0 Å². The van der Waals surface area contributed by atoms with Crippen LogP contribution in [-0.4, -0.2) is 12.5 Å². The fourth-order valence-corrected chi connectivity index (χ4v) is 1.45. The monoisotopic (exact) mass is 243 g/mol. The van der Waals surface area contributed by atoms with Gasteiger partial charge in [-0.1, -0.05) is 25.4 Å². The third kappa shape index (κ3) is 3.81. The Kier molecular flexibility index (Phi) is 4.74. The number of benzene rings is 1. The molecule has 1 aromatic carbocycles. The molecule has 0 radical (unpaired) electrons. The zero-order valence-corrected chi connectivity index (χ0v) is 10.1. The Morgan fingerprint density at radius 1 is 1.50 bits per heavy atom. The Labute approximate surface area is 99.8 Å². The van der Waals surface area contributed by atoms with E-state index in [0.29, 0.717) is 23.6 Å². The molecular weight excluding hydrogens is 229 g/mol. The summed E-state index contributed by atoms with van der Waals surface area (Å²) in [7, 11) is 0. The largest absolute Gasteiger partial charge is 0.356 e. The highest BCUT2D eigenvalue weighted by Gasteiger charge is 2.07. The van der Waals surface area contributed by atoms with Crippen molar-refractivity contribution in [2.24, 2.45) is 5.92 Å². The second kappa shape index (κ2) is 5.85. The summed E-state index contributed by atoms with van der Waals surface area (Å²) in [4.78, 5) is 11.3. The molecule has 1 aromatic rings. The Balaban J connectivity index is 2.49. The molecule has 88 valence electrons. The topological polar surface area (TPSA) is 29.1 Å². The van der Waals surface area contributed by atoms with Crippen LogP contribution in [0.2, 0.25) is 5.02 Å². The molecule has 0 spiro atoms. The predicted octanol–water partition coefficient (Wildman–Crippen LogP) is 2.79. The van der Waals surface area contributed by atoms with Gasteiger partial charge in [0.1, 0.15) is 5.82 Å². The van der Waals surface area contributed by atoms with Crippen molar-refractivity contribution in [1.82, 2.24) is 5.32 Å². The summed E-state index contributed by atoms with van der Waals surface area (Å²) in [6.45, 7) is 4.05. The summed E-state index contributed by atoms with van der Waals surface area (Å²) in [5.74, 6) is -0.366. The maximum atomic E-state index is 13.3. The first-order chi connectivity index (χ1) is 7.50. The van der Waals surface area contributed by atoms with Crippen LogP contribution in [-0.2, 0) is 11.2 Å². The van der Waals surface area contributed by atoms with Gasteiger partial charge in [0.25, 0.3) is 0 Å². The Bertz CT molecular complexity index is 379. The SMILES string of the molecule is CC(C)C(=O)NCCc1cc(Cl)ccc1F. The lowest BCUT2D eigenvalue weighted by Crippen LogP contribution is -2.29. The van der Waals surface area contributed by atoms with E-state index in [2.05, 4.69) is 5.32 Å². The minimum absolute atomic E-state index is 0.0255. The zero-order chi connectivity index (χ0) is 12.1. The van der Waals surface area contributed by atoms with Crippen LogP contribution in [0.1, 0.15) is 19.4 Å². The van der Waals surface area contributed by atoms with Crippen LogP contribution < -0.4 is 5.32 Å². The second-order valence-electron chi connectivity index (χ2n) is 3.93. The number of nitrogens with one attached hydrogen (secondary N) is 1. The first-order valence-corrected chi connectivity index (χ1v) is 5.60. The van der Waals surface area contributed by atoms with Crippen LogP contribution in [0.5, 0.6) is 0 Å². The quantitative estimate of drug-likeness (QED) is 0.866. The molecule has 1 amide bonds. The summed E-state index contributed by atoms with van der Waals surface area (Å²) in [5, 5.41) is 3.23. The van der Waals surface area contributed by atoms with Crippen LogP contribution >= 0.6 is 11.6 Å². The second-order valence-corrected chi connectivity index (χ2v) is 4.37. The molecule has 0 aromatic heterocycles. The van der Waals surface area contributed by atoms with Crippen LogP contribution in [0.3, 0.4) is 0 Å². The van der Waals surface area contributed by atoms with Gasteiger partial charge in [-0.3, -0.25) is 4.79 Å². The van der Waals surface area contributed by atoms with Crippen LogP contribution in [0, 0.1) is 11.7 Å². The number of carbonyl (C=O) groups is 1. The van der Waals surface area contributed by atoms with Gasteiger partial charge in [0.15, 0.2) is 0 Å². The van der Waals surface area contributed by atoms with Gasteiger partial charge < -0.3 is 5.32 Å². The number of rotatable bonds is 4. The van der Waals surface area contributed by atoms with Crippen molar-refractivity contribution in [2.45, 2.75) is 20.3 Å². The fraction of sp³-hybridized carbons (Fsp3) is 0.417. The maximum Gasteiger partial charge on any atom is 0.222 e. The summed E-state index contributed by atoms with van der Waals surface area (Å²) in [5.41, 5.74) is 0.525. The number of amides is 1. The molecule has 4 heteroatoms. The highest BCUT2D eigenvalue weighted by molar-refractivity contribution is 6.30. The Morgan fingerprint density at radius 2 is 2.19 bits per heavy atom. The van der Waals surface area contributed by atoms with Gasteiger partial charge >= 0.3 is 0 Å². The highest BCUT2D eigenvalue weighted by Crippen LogP contribution is 2.14. The third-order valence-corrected chi connectivity index (χ3v) is 2.46. The summed E-state index contributed by atoms with van der Waals surface area (Å²) < 4.78 is 13.3. The molecule has 1 rings (SSSR count). The van der Waals surface area contributed by atoms with E-state index in [4.69, 9.17) is 11.6 Å². The molecule has 0 bridgehead atoms. The van der Waals surface area contributed by atoms with Gasteiger partial charge in [-0.25, -0.2) is 4.39 Å². The summed E-state index contributed by atoms with van der Waals surface area (Å²) in [6, 6.07) is 4.42. The van der Waals surface area contributed by atoms with Crippen LogP contribution in [0.15, 0.2) is 18.2 Å². The summed E-state index contributed by atoms with van der Waals surface area (Å²) >= 11 is 5.75. The minimum atomic E-state index is -0.289. The minimum Gasteiger partial charge on any atom is -0.356 e. The molecule has 0 unspecified atom stereocenters. The number of carbonyl (C=O) groups excluding carboxylic acids is 1. The first-order valence-electron chi connectivity index (χ1n) is 5.22.